The summed E-state index contributed by atoms with van der Waals surface area (Å²) in [7, 11) is 0. The number of alkyl halides is 1. The van der Waals surface area contributed by atoms with Gasteiger partial charge in [0.15, 0.2) is 0 Å². The lowest BCUT2D eigenvalue weighted by Gasteiger charge is -1.87. The molecule has 0 unspecified atom stereocenters. The summed E-state index contributed by atoms with van der Waals surface area (Å²) in [5.41, 5.74) is 0.945. The van der Waals surface area contributed by atoms with Crippen molar-refractivity contribution in [3.63, 3.8) is 0 Å². The van der Waals surface area contributed by atoms with Gasteiger partial charge in [0, 0.05) is 4.43 Å². The van der Waals surface area contributed by atoms with Crippen LogP contribution in [0.15, 0.2) is 0 Å². The molecular weight excluding hydrogens is 187 g/mol. The minimum Gasteiger partial charge on any atom is -0.0858 e. The van der Waals surface area contributed by atoms with Crippen molar-refractivity contribution in [1.29, 1.82) is 0 Å². The van der Waals surface area contributed by atoms with Crippen molar-refractivity contribution in [2.45, 2.75) is 12.8 Å². The normalized spacial score (nSPS) is 60.5. The van der Waals surface area contributed by atoms with Crippen LogP contribution in [0.4, 0.5) is 0 Å². The molecule has 0 aliphatic heterocycles. The molecule has 0 spiro atoms. The van der Waals surface area contributed by atoms with Crippen LogP contribution in [0.2, 0.25) is 0 Å². The minimum absolute atomic E-state index is 0.945. The zero-order valence-electron chi connectivity index (χ0n) is 3.58. The van der Waals surface area contributed by atoms with Crippen LogP contribution in [0.25, 0.3) is 0 Å². The third-order valence-electron chi connectivity index (χ3n) is 2.12. The Morgan fingerprint density at radius 2 is 2.17 bits per heavy atom. The predicted molar refractivity (Wildman–Crippen MR) is 34.0 cm³/mol. The molecule has 6 heavy (non-hydrogen) atoms. The molecule has 0 atom stereocenters. The molecule has 0 bridgehead atoms. The molecule has 0 aromatic heterocycles. The highest BCUT2D eigenvalue weighted by Crippen LogP contribution is 2.75. The van der Waals surface area contributed by atoms with E-state index in [1.807, 2.05) is 0 Å². The second kappa shape index (κ2) is 0.791. The van der Waals surface area contributed by atoms with Crippen LogP contribution in [0, 0.1) is 11.3 Å². The van der Waals surface area contributed by atoms with E-state index in [-0.39, 0.29) is 0 Å². The summed E-state index contributed by atoms with van der Waals surface area (Å²) in [6, 6.07) is 0. The summed E-state index contributed by atoms with van der Waals surface area (Å²) in [5, 5.41) is 0. The first-order valence-corrected chi connectivity index (χ1v) is 3.96. The maximum absolute atomic E-state index is 2.50. The molecule has 0 heterocycles. The van der Waals surface area contributed by atoms with Crippen LogP contribution in [-0.2, 0) is 0 Å². The van der Waals surface area contributed by atoms with E-state index in [2.05, 4.69) is 22.6 Å². The van der Waals surface area contributed by atoms with Crippen molar-refractivity contribution >= 4 is 22.6 Å². The first kappa shape index (κ1) is 3.70. The van der Waals surface area contributed by atoms with Gasteiger partial charge in [0.1, 0.15) is 0 Å². The molecule has 2 fully saturated rings. The van der Waals surface area contributed by atoms with Gasteiger partial charge < -0.3 is 0 Å². The summed E-state index contributed by atoms with van der Waals surface area (Å²) < 4.78 is 1.43. The van der Waals surface area contributed by atoms with E-state index in [0.717, 1.165) is 5.41 Å². The molecule has 0 saturated heterocycles. The van der Waals surface area contributed by atoms with Crippen LogP contribution in [-0.4, -0.2) is 4.43 Å². The number of rotatable bonds is 1. The van der Waals surface area contributed by atoms with Crippen molar-refractivity contribution in [3.05, 3.63) is 0 Å². The standard InChI is InChI=1S/C5H7I/c6-3-5-1-4(5)2-5/h4H,1-3H2. The van der Waals surface area contributed by atoms with Gasteiger partial charge in [-0.15, -0.1) is 0 Å². The zero-order valence-corrected chi connectivity index (χ0v) is 5.73. The number of hydrogen-bond acceptors (Lipinski definition) is 0. The van der Waals surface area contributed by atoms with Crippen LogP contribution in [0.1, 0.15) is 12.8 Å². The highest BCUT2D eigenvalue weighted by atomic mass is 127. The van der Waals surface area contributed by atoms with E-state index in [4.69, 9.17) is 0 Å². The summed E-state index contributed by atoms with van der Waals surface area (Å²) >= 11 is 2.50. The van der Waals surface area contributed by atoms with Gasteiger partial charge in [0.05, 0.1) is 0 Å². The summed E-state index contributed by atoms with van der Waals surface area (Å²) in [6.45, 7) is 0. The topological polar surface area (TPSA) is 0 Å². The van der Waals surface area contributed by atoms with Crippen LogP contribution < -0.4 is 0 Å². The lowest BCUT2D eigenvalue weighted by Crippen LogP contribution is -1.82. The van der Waals surface area contributed by atoms with Crippen molar-refractivity contribution in [2.75, 3.05) is 4.43 Å². The SMILES string of the molecule is ICC12CC1C2. The van der Waals surface area contributed by atoms with Gasteiger partial charge in [0.2, 0.25) is 0 Å². The highest BCUT2D eigenvalue weighted by molar-refractivity contribution is 14.1. The molecule has 2 saturated carbocycles. The number of fused-ring (bicyclic) bond motifs is 1. The molecule has 0 amide bonds. The van der Waals surface area contributed by atoms with Crippen molar-refractivity contribution in [3.8, 4) is 0 Å². The highest BCUT2D eigenvalue weighted by Gasteiger charge is 2.68. The lowest BCUT2D eigenvalue weighted by molar-refractivity contribution is 0.745. The van der Waals surface area contributed by atoms with Crippen molar-refractivity contribution in [1.82, 2.24) is 0 Å². The second-order valence-corrected chi connectivity index (χ2v) is 3.36. The van der Waals surface area contributed by atoms with E-state index < -0.39 is 0 Å². The Morgan fingerprint density at radius 1 is 1.67 bits per heavy atom. The van der Waals surface area contributed by atoms with Gasteiger partial charge in [-0.25, -0.2) is 0 Å². The third-order valence-corrected chi connectivity index (χ3v) is 3.64. The Hall–Kier alpha value is 0.730. The number of halogens is 1. The average Bonchev–Trinajstić information content (AvgIpc) is 2.12. The third kappa shape index (κ3) is 0.266. The Bertz CT molecular complexity index is 81.9. The summed E-state index contributed by atoms with van der Waals surface area (Å²) in [6.07, 6.45) is 3.13. The summed E-state index contributed by atoms with van der Waals surface area (Å²) in [4.78, 5) is 0. The Morgan fingerprint density at radius 3 is 2.17 bits per heavy atom. The fraction of sp³-hybridized carbons (Fsp3) is 1.00. The zero-order chi connectivity index (χ0) is 4.20. The number of hydrogen-bond donors (Lipinski definition) is 0. The lowest BCUT2D eigenvalue weighted by atomic mass is 10.3. The molecule has 0 aromatic rings. The Labute approximate surface area is 51.4 Å². The smallest absolute Gasteiger partial charge is 0.00548 e. The average molecular weight is 194 g/mol. The van der Waals surface area contributed by atoms with Gasteiger partial charge in [-0.1, -0.05) is 22.6 Å². The maximum atomic E-state index is 2.50. The fourth-order valence-corrected chi connectivity index (χ4v) is 2.27. The van der Waals surface area contributed by atoms with E-state index in [9.17, 15) is 0 Å². The molecular formula is C5H7I. The molecule has 2 aliphatic carbocycles. The van der Waals surface area contributed by atoms with Gasteiger partial charge in [-0.2, -0.15) is 0 Å². The first-order valence-electron chi connectivity index (χ1n) is 2.43. The maximum Gasteiger partial charge on any atom is 0.00548 e. The van der Waals surface area contributed by atoms with Gasteiger partial charge >= 0.3 is 0 Å². The van der Waals surface area contributed by atoms with Crippen molar-refractivity contribution in [2.24, 2.45) is 11.3 Å². The monoisotopic (exact) mass is 194 g/mol. The summed E-state index contributed by atoms with van der Waals surface area (Å²) in [5.74, 6) is 1.20. The Balaban J connectivity index is 2.10. The fourth-order valence-electron chi connectivity index (χ4n) is 1.02. The molecule has 2 rings (SSSR count). The molecule has 1 heteroatoms. The van der Waals surface area contributed by atoms with E-state index in [1.54, 1.807) is 12.8 Å². The minimum atomic E-state index is 0.945. The molecule has 0 nitrogen and oxygen atoms in total. The first-order chi connectivity index (χ1) is 2.87. The van der Waals surface area contributed by atoms with Crippen LogP contribution >= 0.6 is 22.6 Å². The van der Waals surface area contributed by atoms with E-state index in [0.29, 0.717) is 0 Å². The van der Waals surface area contributed by atoms with Crippen molar-refractivity contribution < 1.29 is 0 Å². The van der Waals surface area contributed by atoms with Gasteiger partial charge in [-0.3, -0.25) is 0 Å². The largest absolute Gasteiger partial charge is 0.0858 e. The van der Waals surface area contributed by atoms with E-state index in [1.165, 1.54) is 10.3 Å². The molecule has 2 aliphatic rings. The Kier molecular flexibility index (Phi) is 0.488. The molecule has 0 N–H and O–H groups in total. The van der Waals surface area contributed by atoms with E-state index >= 15 is 0 Å². The molecule has 0 radical (unpaired) electrons. The van der Waals surface area contributed by atoms with Gasteiger partial charge in [-0.05, 0) is 24.2 Å². The van der Waals surface area contributed by atoms with Crippen LogP contribution in [0.5, 0.6) is 0 Å². The second-order valence-electron chi connectivity index (χ2n) is 2.60. The molecule has 0 aromatic carbocycles. The molecule has 34 valence electrons. The quantitative estimate of drug-likeness (QED) is 0.441. The van der Waals surface area contributed by atoms with Crippen LogP contribution in [0.3, 0.4) is 0 Å². The van der Waals surface area contributed by atoms with Gasteiger partial charge in [0.25, 0.3) is 0 Å². The predicted octanol–water partition coefficient (Wildman–Crippen LogP) is 1.83.